The van der Waals surface area contributed by atoms with Crippen LogP contribution in [0.5, 0.6) is 0 Å². The smallest absolute Gasteiger partial charge is 0.310 e. The maximum absolute atomic E-state index is 10.9. The molecule has 6 heteroatoms. The molecule has 2 aromatic rings. The lowest BCUT2D eigenvalue weighted by molar-refractivity contribution is -0.384. The minimum Gasteiger partial charge on any atom is -0.373 e. The van der Waals surface area contributed by atoms with Gasteiger partial charge in [-0.05, 0) is 38.5 Å². The normalized spacial score (nSPS) is 12.2. The first-order valence-electron chi connectivity index (χ1n) is 5.91. The van der Waals surface area contributed by atoms with Crippen LogP contribution in [0, 0.1) is 24.0 Å². The SMILES string of the molecule is Cc1cc(C(C)Nc2ccncc2[N+](=O)[O-])c(C)s1. The third-order valence-electron chi connectivity index (χ3n) is 2.91. The van der Waals surface area contributed by atoms with Crippen molar-refractivity contribution in [2.24, 2.45) is 0 Å². The van der Waals surface area contributed by atoms with E-state index in [4.69, 9.17) is 0 Å². The fraction of sp³-hybridized carbons (Fsp3) is 0.308. The van der Waals surface area contributed by atoms with E-state index in [2.05, 4.69) is 30.2 Å². The molecular weight excluding hydrogens is 262 g/mol. The molecule has 0 amide bonds. The second-order valence-corrected chi connectivity index (χ2v) is 5.84. The molecule has 5 nitrogen and oxygen atoms in total. The van der Waals surface area contributed by atoms with Crippen molar-refractivity contribution in [3.63, 3.8) is 0 Å². The van der Waals surface area contributed by atoms with Crippen molar-refractivity contribution in [1.29, 1.82) is 0 Å². The Morgan fingerprint density at radius 1 is 1.47 bits per heavy atom. The summed E-state index contributed by atoms with van der Waals surface area (Å²) in [7, 11) is 0. The Bertz CT molecular complexity index is 610. The maximum Gasteiger partial charge on any atom is 0.310 e. The summed E-state index contributed by atoms with van der Waals surface area (Å²) in [6, 6.07) is 3.76. The van der Waals surface area contributed by atoms with E-state index in [0.29, 0.717) is 5.69 Å². The van der Waals surface area contributed by atoms with E-state index < -0.39 is 4.92 Å². The van der Waals surface area contributed by atoms with Crippen LogP contribution >= 0.6 is 11.3 Å². The molecule has 2 heterocycles. The van der Waals surface area contributed by atoms with Gasteiger partial charge in [-0.2, -0.15) is 0 Å². The molecule has 2 aromatic heterocycles. The first-order chi connectivity index (χ1) is 8.99. The van der Waals surface area contributed by atoms with Crippen LogP contribution in [0.1, 0.15) is 28.3 Å². The van der Waals surface area contributed by atoms with Crippen LogP contribution in [-0.4, -0.2) is 9.91 Å². The lowest BCUT2D eigenvalue weighted by atomic mass is 10.1. The van der Waals surface area contributed by atoms with E-state index in [0.717, 1.165) is 0 Å². The van der Waals surface area contributed by atoms with Gasteiger partial charge in [0.05, 0.1) is 4.92 Å². The molecule has 0 spiro atoms. The number of nitrogens with one attached hydrogen (secondary N) is 1. The number of nitro groups is 1. The number of pyridine rings is 1. The first-order valence-corrected chi connectivity index (χ1v) is 6.72. The molecule has 1 N–H and O–H groups in total. The molecule has 19 heavy (non-hydrogen) atoms. The van der Waals surface area contributed by atoms with Gasteiger partial charge in [-0.15, -0.1) is 11.3 Å². The molecule has 0 radical (unpaired) electrons. The zero-order valence-corrected chi connectivity index (χ0v) is 11.8. The van der Waals surface area contributed by atoms with Crippen molar-refractivity contribution >= 4 is 22.7 Å². The summed E-state index contributed by atoms with van der Waals surface area (Å²) in [6.45, 7) is 6.12. The Kier molecular flexibility index (Phi) is 3.80. The number of thiophene rings is 1. The van der Waals surface area contributed by atoms with Gasteiger partial charge in [0.15, 0.2) is 0 Å². The van der Waals surface area contributed by atoms with E-state index in [9.17, 15) is 10.1 Å². The van der Waals surface area contributed by atoms with Crippen LogP contribution in [0.2, 0.25) is 0 Å². The van der Waals surface area contributed by atoms with Crippen molar-refractivity contribution in [3.05, 3.63) is 50.0 Å². The van der Waals surface area contributed by atoms with Crippen LogP contribution in [0.15, 0.2) is 24.5 Å². The topological polar surface area (TPSA) is 68.1 Å². The Hall–Kier alpha value is -1.95. The van der Waals surface area contributed by atoms with Gasteiger partial charge in [0.1, 0.15) is 11.9 Å². The van der Waals surface area contributed by atoms with Gasteiger partial charge >= 0.3 is 5.69 Å². The van der Waals surface area contributed by atoms with Crippen molar-refractivity contribution in [2.75, 3.05) is 5.32 Å². The molecule has 0 saturated heterocycles. The van der Waals surface area contributed by atoms with Gasteiger partial charge in [-0.3, -0.25) is 15.1 Å². The van der Waals surface area contributed by atoms with Crippen LogP contribution in [0.3, 0.4) is 0 Å². The third-order valence-corrected chi connectivity index (χ3v) is 3.90. The van der Waals surface area contributed by atoms with Gasteiger partial charge in [0.25, 0.3) is 0 Å². The maximum atomic E-state index is 10.9. The highest BCUT2D eigenvalue weighted by Gasteiger charge is 2.17. The number of aromatic nitrogens is 1. The molecule has 0 aliphatic rings. The van der Waals surface area contributed by atoms with Gasteiger partial charge in [-0.1, -0.05) is 0 Å². The minimum atomic E-state index is -0.423. The first kappa shape index (κ1) is 13.5. The fourth-order valence-corrected chi connectivity index (χ4v) is 3.07. The average molecular weight is 277 g/mol. The monoisotopic (exact) mass is 277 g/mol. The summed E-state index contributed by atoms with van der Waals surface area (Å²) in [6.07, 6.45) is 2.81. The highest BCUT2D eigenvalue weighted by molar-refractivity contribution is 7.12. The van der Waals surface area contributed by atoms with E-state index in [1.165, 1.54) is 21.5 Å². The van der Waals surface area contributed by atoms with E-state index in [-0.39, 0.29) is 11.7 Å². The molecule has 0 bridgehead atoms. The quantitative estimate of drug-likeness (QED) is 0.681. The third kappa shape index (κ3) is 2.90. The van der Waals surface area contributed by atoms with Gasteiger partial charge in [0.2, 0.25) is 0 Å². The van der Waals surface area contributed by atoms with Crippen molar-refractivity contribution in [3.8, 4) is 0 Å². The number of hydrogen-bond acceptors (Lipinski definition) is 5. The zero-order valence-electron chi connectivity index (χ0n) is 11.0. The van der Waals surface area contributed by atoms with Gasteiger partial charge < -0.3 is 5.32 Å². The Morgan fingerprint density at radius 2 is 2.21 bits per heavy atom. The molecule has 0 aromatic carbocycles. The van der Waals surface area contributed by atoms with Crippen LogP contribution < -0.4 is 5.32 Å². The van der Waals surface area contributed by atoms with Crippen molar-refractivity contribution in [1.82, 2.24) is 4.98 Å². The van der Waals surface area contributed by atoms with Crippen LogP contribution in [0.4, 0.5) is 11.4 Å². The summed E-state index contributed by atoms with van der Waals surface area (Å²) in [5.74, 6) is 0. The number of rotatable bonds is 4. The molecule has 1 unspecified atom stereocenters. The molecule has 0 fully saturated rings. The average Bonchev–Trinajstić information content (AvgIpc) is 2.69. The van der Waals surface area contributed by atoms with Crippen molar-refractivity contribution in [2.45, 2.75) is 26.8 Å². The number of hydrogen-bond donors (Lipinski definition) is 1. The molecule has 0 aliphatic heterocycles. The minimum absolute atomic E-state index is 0.000968. The molecule has 2 rings (SSSR count). The number of aryl methyl sites for hydroxylation is 2. The summed E-state index contributed by atoms with van der Waals surface area (Å²) in [5.41, 5.74) is 1.67. The van der Waals surface area contributed by atoms with Gasteiger partial charge in [0, 0.05) is 22.0 Å². The second kappa shape index (κ2) is 5.36. The lowest BCUT2D eigenvalue weighted by Gasteiger charge is -2.15. The fourth-order valence-electron chi connectivity index (χ4n) is 2.05. The molecule has 1 atom stereocenters. The van der Waals surface area contributed by atoms with Crippen LogP contribution in [-0.2, 0) is 0 Å². The predicted octanol–water partition coefficient (Wildman–Crippen LogP) is 3.84. The Morgan fingerprint density at radius 3 is 2.79 bits per heavy atom. The van der Waals surface area contributed by atoms with E-state index in [1.807, 2.05) is 6.92 Å². The standard InChI is InChI=1S/C13H15N3O2S/c1-8-6-11(10(3)19-8)9(2)15-12-4-5-14-7-13(12)16(17)18/h4-7,9H,1-3H3,(H,14,15). The van der Waals surface area contributed by atoms with Gasteiger partial charge in [-0.25, -0.2) is 0 Å². The number of nitrogens with zero attached hydrogens (tertiary/aromatic N) is 2. The second-order valence-electron chi connectivity index (χ2n) is 4.38. The summed E-state index contributed by atoms with van der Waals surface area (Å²) >= 11 is 1.73. The summed E-state index contributed by atoms with van der Waals surface area (Å²) in [4.78, 5) is 16.8. The van der Waals surface area contributed by atoms with E-state index >= 15 is 0 Å². The lowest BCUT2D eigenvalue weighted by Crippen LogP contribution is -2.08. The van der Waals surface area contributed by atoms with Crippen molar-refractivity contribution < 1.29 is 4.92 Å². The highest BCUT2D eigenvalue weighted by atomic mass is 32.1. The van der Waals surface area contributed by atoms with E-state index in [1.54, 1.807) is 23.6 Å². The molecular formula is C13H15N3O2S. The summed E-state index contributed by atoms with van der Waals surface area (Å²) in [5, 5.41) is 14.1. The highest BCUT2D eigenvalue weighted by Crippen LogP contribution is 2.31. The predicted molar refractivity (Wildman–Crippen MR) is 76.7 cm³/mol. The Balaban J connectivity index is 2.26. The zero-order chi connectivity index (χ0) is 14.0. The Labute approximate surface area is 115 Å². The molecule has 0 saturated carbocycles. The molecule has 0 aliphatic carbocycles. The molecule has 100 valence electrons. The summed E-state index contributed by atoms with van der Waals surface area (Å²) < 4.78 is 0. The van der Waals surface area contributed by atoms with Crippen LogP contribution in [0.25, 0.3) is 0 Å². The number of anilines is 1. The largest absolute Gasteiger partial charge is 0.373 e.